The number of Topliss-reactive ketones (excluding diaryl/α,β-unsaturated/α-hetero) is 1. The van der Waals surface area contributed by atoms with Crippen LogP contribution in [0.1, 0.15) is 36.8 Å². The number of ketones is 1. The molecule has 0 unspecified atom stereocenters. The number of hydrogen-bond acceptors (Lipinski definition) is 8. The smallest absolute Gasteiger partial charge is 0.297 e. The molecule has 1 aliphatic rings. The number of carbonyl (C=O) groups excluding carboxylic acids is 2. The molecule has 3 heterocycles. The Labute approximate surface area is 220 Å². The molecule has 0 bridgehead atoms. The number of ether oxygens (including phenoxy) is 2. The fourth-order valence-corrected chi connectivity index (χ4v) is 4.22. The van der Waals surface area contributed by atoms with Gasteiger partial charge in [-0.3, -0.25) is 14.3 Å². The molecule has 2 aromatic heterocycles. The fraction of sp³-hybridized carbons (Fsp3) is 0.321. The van der Waals surface area contributed by atoms with Crippen LogP contribution in [0.3, 0.4) is 0 Å². The van der Waals surface area contributed by atoms with Crippen LogP contribution < -0.4 is 15.0 Å². The van der Waals surface area contributed by atoms with Crippen molar-refractivity contribution < 1.29 is 19.1 Å². The van der Waals surface area contributed by atoms with Gasteiger partial charge in [0.1, 0.15) is 11.6 Å². The van der Waals surface area contributed by atoms with Crippen molar-refractivity contribution in [3.8, 4) is 11.6 Å². The standard InChI is InChI=1S/C28H30N6O4/c1-28(2,3)22-17-23(33(4)32-22)30-26(36)25(35)20-9-10-21(19-8-6-5-7-18(19)20)38-24-11-12-29-27(31-24)34-13-15-37-16-14-34/h5-12,17H,13-16H2,1-4H3,(H,30,36). The van der Waals surface area contributed by atoms with Crippen LogP contribution in [-0.2, 0) is 22.0 Å². The Balaban J connectivity index is 1.40. The summed E-state index contributed by atoms with van der Waals surface area (Å²) in [7, 11) is 1.73. The van der Waals surface area contributed by atoms with Crippen LogP contribution in [0.25, 0.3) is 10.8 Å². The highest BCUT2D eigenvalue weighted by Gasteiger charge is 2.24. The van der Waals surface area contributed by atoms with Crippen LogP contribution >= 0.6 is 0 Å². The van der Waals surface area contributed by atoms with Crippen LogP contribution in [0.15, 0.2) is 54.7 Å². The zero-order valence-corrected chi connectivity index (χ0v) is 21.9. The maximum Gasteiger partial charge on any atom is 0.297 e. The number of amides is 1. The van der Waals surface area contributed by atoms with Crippen LogP contribution in [0.2, 0.25) is 0 Å². The Bertz CT molecular complexity index is 1500. The molecule has 0 radical (unpaired) electrons. The Morgan fingerprint density at radius 2 is 1.76 bits per heavy atom. The van der Waals surface area contributed by atoms with E-state index in [9.17, 15) is 9.59 Å². The van der Waals surface area contributed by atoms with Crippen molar-refractivity contribution in [1.29, 1.82) is 0 Å². The minimum absolute atomic E-state index is 0.191. The second kappa shape index (κ2) is 10.2. The lowest BCUT2D eigenvalue weighted by Gasteiger charge is -2.26. The topological polar surface area (TPSA) is 111 Å². The maximum atomic E-state index is 13.2. The maximum absolute atomic E-state index is 13.2. The first-order valence-corrected chi connectivity index (χ1v) is 12.5. The molecule has 0 saturated carbocycles. The van der Waals surface area contributed by atoms with Crippen molar-refractivity contribution in [3.05, 3.63) is 66.0 Å². The molecule has 1 N–H and O–H groups in total. The highest BCUT2D eigenvalue weighted by atomic mass is 16.5. The SMILES string of the molecule is Cn1nc(C(C)(C)C)cc1NC(=O)C(=O)c1ccc(Oc2ccnc(N3CCOCC3)n2)c2ccccc12. The molecule has 1 saturated heterocycles. The third-order valence-electron chi connectivity index (χ3n) is 6.35. The fourth-order valence-electron chi connectivity index (χ4n) is 4.22. The average molecular weight is 515 g/mol. The van der Waals surface area contributed by atoms with Gasteiger partial charge in [-0.05, 0) is 17.5 Å². The van der Waals surface area contributed by atoms with Gasteiger partial charge < -0.3 is 19.7 Å². The molecule has 38 heavy (non-hydrogen) atoms. The normalized spacial score (nSPS) is 13.9. The molecule has 0 spiro atoms. The second-order valence-corrected chi connectivity index (χ2v) is 10.1. The molecule has 0 aliphatic carbocycles. The Hall–Kier alpha value is -4.31. The second-order valence-electron chi connectivity index (χ2n) is 10.1. The van der Waals surface area contributed by atoms with Gasteiger partial charge in [-0.25, -0.2) is 4.98 Å². The lowest BCUT2D eigenvalue weighted by Crippen LogP contribution is -2.37. The first-order chi connectivity index (χ1) is 18.2. The first-order valence-electron chi connectivity index (χ1n) is 12.5. The van der Waals surface area contributed by atoms with Crippen LogP contribution in [0.4, 0.5) is 11.8 Å². The molecular weight excluding hydrogens is 484 g/mol. The summed E-state index contributed by atoms with van der Waals surface area (Å²) in [4.78, 5) is 37.2. The van der Waals surface area contributed by atoms with E-state index in [1.165, 1.54) is 0 Å². The minimum Gasteiger partial charge on any atom is -0.438 e. The van der Waals surface area contributed by atoms with E-state index in [2.05, 4.69) is 20.4 Å². The zero-order valence-electron chi connectivity index (χ0n) is 21.9. The molecule has 0 atom stereocenters. The minimum atomic E-state index is -0.738. The Morgan fingerprint density at radius 3 is 2.47 bits per heavy atom. The van der Waals surface area contributed by atoms with Crippen LogP contribution in [0, 0.1) is 0 Å². The lowest BCUT2D eigenvalue weighted by atomic mass is 9.92. The zero-order chi connectivity index (χ0) is 26.9. The van der Waals surface area contributed by atoms with E-state index in [0.29, 0.717) is 60.5 Å². The number of carbonyl (C=O) groups is 2. The van der Waals surface area contributed by atoms with Gasteiger partial charge in [-0.1, -0.05) is 45.0 Å². The number of fused-ring (bicyclic) bond motifs is 1. The van der Waals surface area contributed by atoms with Gasteiger partial charge in [0.15, 0.2) is 0 Å². The quantitative estimate of drug-likeness (QED) is 0.302. The third kappa shape index (κ3) is 5.21. The van der Waals surface area contributed by atoms with E-state index in [1.54, 1.807) is 48.3 Å². The first kappa shape index (κ1) is 25.3. The van der Waals surface area contributed by atoms with Crippen molar-refractivity contribution >= 4 is 34.2 Å². The number of rotatable bonds is 6. The number of hydrogen-bond donors (Lipinski definition) is 1. The number of nitrogens with zero attached hydrogens (tertiary/aromatic N) is 5. The Kier molecular flexibility index (Phi) is 6.81. The van der Waals surface area contributed by atoms with E-state index in [1.807, 2.05) is 43.9 Å². The van der Waals surface area contributed by atoms with Gasteiger partial charge in [-0.2, -0.15) is 10.1 Å². The van der Waals surface area contributed by atoms with Gasteiger partial charge in [0.05, 0.1) is 18.9 Å². The summed E-state index contributed by atoms with van der Waals surface area (Å²) in [6, 6.07) is 14.1. The van der Waals surface area contributed by atoms with E-state index < -0.39 is 11.7 Å². The van der Waals surface area contributed by atoms with Gasteiger partial charge >= 0.3 is 0 Å². The van der Waals surface area contributed by atoms with E-state index in [0.717, 1.165) is 5.69 Å². The Morgan fingerprint density at radius 1 is 1.03 bits per heavy atom. The highest BCUT2D eigenvalue weighted by Crippen LogP contribution is 2.32. The molecule has 1 amide bonds. The summed E-state index contributed by atoms with van der Waals surface area (Å²) in [5, 5.41) is 8.46. The van der Waals surface area contributed by atoms with Gasteiger partial charge in [0.25, 0.3) is 11.7 Å². The third-order valence-corrected chi connectivity index (χ3v) is 6.35. The number of aromatic nitrogens is 4. The monoisotopic (exact) mass is 514 g/mol. The summed E-state index contributed by atoms with van der Waals surface area (Å²) in [5.41, 5.74) is 0.903. The number of aryl methyl sites for hydroxylation is 1. The summed E-state index contributed by atoms with van der Waals surface area (Å²) >= 11 is 0. The van der Waals surface area contributed by atoms with Gasteiger partial charge in [-0.15, -0.1) is 0 Å². The molecule has 1 aliphatic heterocycles. The van der Waals surface area contributed by atoms with Crippen molar-refractivity contribution in [2.24, 2.45) is 7.05 Å². The number of nitrogens with one attached hydrogen (secondary N) is 1. The average Bonchev–Trinajstić information content (AvgIpc) is 3.29. The summed E-state index contributed by atoms with van der Waals surface area (Å²) in [6.07, 6.45) is 1.65. The highest BCUT2D eigenvalue weighted by molar-refractivity contribution is 6.48. The van der Waals surface area contributed by atoms with E-state index in [-0.39, 0.29) is 11.0 Å². The predicted octanol–water partition coefficient (Wildman–Crippen LogP) is 4.11. The molecule has 2 aromatic carbocycles. The van der Waals surface area contributed by atoms with Gasteiger partial charge in [0.2, 0.25) is 11.8 Å². The molecule has 10 heteroatoms. The predicted molar refractivity (Wildman–Crippen MR) is 144 cm³/mol. The summed E-state index contributed by atoms with van der Waals surface area (Å²) < 4.78 is 13.1. The number of anilines is 2. The number of benzene rings is 2. The molecule has 5 rings (SSSR count). The number of morpholine rings is 1. The largest absolute Gasteiger partial charge is 0.438 e. The van der Waals surface area contributed by atoms with Crippen molar-refractivity contribution in [3.63, 3.8) is 0 Å². The molecule has 1 fully saturated rings. The molecular formula is C28H30N6O4. The van der Waals surface area contributed by atoms with Crippen LogP contribution in [-0.4, -0.2) is 57.7 Å². The van der Waals surface area contributed by atoms with Crippen LogP contribution in [0.5, 0.6) is 11.6 Å². The lowest BCUT2D eigenvalue weighted by molar-refractivity contribution is -0.112. The summed E-state index contributed by atoms with van der Waals surface area (Å²) in [6.45, 7) is 8.77. The van der Waals surface area contributed by atoms with Crippen molar-refractivity contribution in [1.82, 2.24) is 19.7 Å². The molecule has 196 valence electrons. The van der Waals surface area contributed by atoms with E-state index >= 15 is 0 Å². The molecule has 4 aromatic rings. The summed E-state index contributed by atoms with van der Waals surface area (Å²) in [5.74, 6) is 0.543. The van der Waals surface area contributed by atoms with E-state index in [4.69, 9.17) is 9.47 Å². The van der Waals surface area contributed by atoms with Crippen molar-refractivity contribution in [2.45, 2.75) is 26.2 Å². The molecule has 10 nitrogen and oxygen atoms in total. The van der Waals surface area contributed by atoms with Gasteiger partial charge in [0, 0.05) is 54.8 Å². The van der Waals surface area contributed by atoms with Crippen molar-refractivity contribution in [2.75, 3.05) is 36.5 Å².